The van der Waals surface area contributed by atoms with Crippen molar-refractivity contribution in [2.24, 2.45) is 5.73 Å². The van der Waals surface area contributed by atoms with Crippen LogP contribution in [0.4, 0.5) is 0 Å². The van der Waals surface area contributed by atoms with Crippen LogP contribution in [0, 0.1) is 0 Å². The Balaban J connectivity index is -0.0000000780. The van der Waals surface area contributed by atoms with E-state index in [1.165, 1.54) is 23.5 Å². The van der Waals surface area contributed by atoms with Crippen LogP contribution in [0.25, 0.3) is 0 Å². The van der Waals surface area contributed by atoms with Gasteiger partial charge in [-0.15, -0.1) is 5.06 Å². The van der Waals surface area contributed by atoms with Crippen LogP contribution in [-0.4, -0.2) is 134 Å². The Kier molecular flexibility index (Phi) is 73.5. The number of amides is 5. The Morgan fingerprint density at radius 1 is 0.567 bits per heavy atom. The minimum Gasteiger partial charge on any atom is -0.481 e. The third-order valence-corrected chi connectivity index (χ3v) is 9.69. The summed E-state index contributed by atoms with van der Waals surface area (Å²) in [5.74, 6) is 2.24. The molecule has 5 amide bonds. The third-order valence-electron chi connectivity index (χ3n) is 5.72. The molecule has 1 heterocycles. The molecule has 0 bridgehead atoms. The van der Waals surface area contributed by atoms with E-state index in [1.54, 1.807) is 23.5 Å². The SMILES string of the molecule is C.C.C.C.C.C.C.C.CC(C)NC(=O)CCSCCC(=O)NCCSCCC(=O)O.CC(C)NC(=O)CCSCCC(=O)ON1C(=O)CCC1=O.NCCSCCC(=O)O. The maximum Gasteiger partial charge on any atom is 0.334 e. The number of carboxylic acids is 2. The molecule has 364 valence electrons. The second kappa shape index (κ2) is 54.3. The van der Waals surface area contributed by atoms with Crippen LogP contribution in [0.2, 0.25) is 0 Å². The monoisotopic (exact) mass is 944 g/mol. The van der Waals surface area contributed by atoms with E-state index in [-0.39, 0.29) is 121 Å². The normalized spacial score (nSPS) is 10.4. The predicted molar refractivity (Wildman–Crippen MR) is 262 cm³/mol. The van der Waals surface area contributed by atoms with Gasteiger partial charge in [-0.3, -0.25) is 33.6 Å². The fourth-order valence-electron chi connectivity index (χ4n) is 3.41. The van der Waals surface area contributed by atoms with Gasteiger partial charge >= 0.3 is 17.9 Å². The van der Waals surface area contributed by atoms with E-state index in [0.717, 1.165) is 17.3 Å². The molecule has 0 aromatic heterocycles. The lowest BCUT2D eigenvalue weighted by Gasteiger charge is -2.12. The van der Waals surface area contributed by atoms with Gasteiger partial charge in [0.1, 0.15) is 0 Å². The standard InChI is InChI=1S/C14H26N2O4S2.C13H20N2O5S.C5H11NO2S.8CH4/c1-11(2)16-13(18)4-8-21-7-3-12(17)15-6-10-22-9-5-14(19)20;1-9(2)14-10(16)5-7-21-8-6-13(19)20-15-11(17)3-4-12(15)18;6-2-4-9-3-1-5(7)8;;;;;;;;/h11H,3-10H2,1-2H3,(H,15,17)(H,16,18)(H,19,20);9H,3-8H2,1-2H3,(H,14,16);1-4,6H2,(H,7,8);8*1H4. The summed E-state index contributed by atoms with van der Waals surface area (Å²) in [5, 5.41) is 25.6. The van der Waals surface area contributed by atoms with Gasteiger partial charge in [0.15, 0.2) is 0 Å². The summed E-state index contributed by atoms with van der Waals surface area (Å²) in [6.45, 7) is 8.82. The van der Waals surface area contributed by atoms with Crippen LogP contribution in [0.5, 0.6) is 0 Å². The minimum absolute atomic E-state index is 0. The number of hydroxylamine groups is 2. The molecule has 7 N–H and O–H groups in total. The maximum atomic E-state index is 11.5. The molecule has 16 nitrogen and oxygen atoms in total. The van der Waals surface area contributed by atoms with Crippen molar-refractivity contribution >= 4 is 94.5 Å². The number of aliphatic carboxylic acids is 2. The van der Waals surface area contributed by atoms with E-state index in [0.29, 0.717) is 66.2 Å². The summed E-state index contributed by atoms with van der Waals surface area (Å²) >= 11 is 6.14. The van der Waals surface area contributed by atoms with Crippen molar-refractivity contribution in [2.45, 2.75) is 151 Å². The van der Waals surface area contributed by atoms with Gasteiger partial charge in [-0.25, -0.2) is 4.79 Å². The number of carbonyl (C=O) groups is 8. The van der Waals surface area contributed by atoms with Crippen LogP contribution in [0.1, 0.15) is 138 Å². The number of rotatable bonds is 26. The minimum atomic E-state index is -0.796. The number of carbonyl (C=O) groups excluding carboxylic acids is 6. The van der Waals surface area contributed by atoms with Crippen molar-refractivity contribution in [3.8, 4) is 0 Å². The Bertz CT molecular complexity index is 1090. The number of hydrogen-bond acceptors (Lipinski definition) is 14. The molecule has 0 saturated carbocycles. The first-order valence-electron chi connectivity index (χ1n) is 17.0. The van der Waals surface area contributed by atoms with Crippen molar-refractivity contribution in [3.63, 3.8) is 0 Å². The first-order chi connectivity index (χ1) is 24.6. The molecule has 20 heteroatoms. The van der Waals surface area contributed by atoms with Crippen LogP contribution in [0.3, 0.4) is 0 Å². The van der Waals surface area contributed by atoms with Crippen LogP contribution < -0.4 is 21.7 Å². The Morgan fingerprint density at radius 2 is 0.900 bits per heavy atom. The first kappa shape index (κ1) is 81.2. The second-order valence-corrected chi connectivity index (χ2v) is 16.3. The van der Waals surface area contributed by atoms with Crippen LogP contribution >= 0.6 is 47.0 Å². The number of imide groups is 1. The molecule has 0 unspecified atom stereocenters. The summed E-state index contributed by atoms with van der Waals surface area (Å²) in [6, 6.07) is 0.282. The Hall–Kier alpha value is -2.68. The number of nitrogens with two attached hydrogens (primary N) is 1. The number of nitrogens with zero attached hydrogens (tertiary/aromatic N) is 1. The highest BCUT2D eigenvalue weighted by molar-refractivity contribution is 7.99. The van der Waals surface area contributed by atoms with Gasteiger partial charge in [-0.1, -0.05) is 59.4 Å². The Morgan fingerprint density at radius 3 is 1.27 bits per heavy atom. The van der Waals surface area contributed by atoms with Crippen molar-refractivity contribution < 1.29 is 53.4 Å². The molecular weight excluding hydrogens is 855 g/mol. The quantitative estimate of drug-likeness (QED) is 0.0370. The zero-order valence-corrected chi connectivity index (χ0v) is 33.9. The smallest absolute Gasteiger partial charge is 0.334 e. The summed E-state index contributed by atoms with van der Waals surface area (Å²) in [7, 11) is 0. The Labute approximate surface area is 382 Å². The van der Waals surface area contributed by atoms with E-state index in [9.17, 15) is 38.4 Å². The molecule has 0 spiro atoms. The van der Waals surface area contributed by atoms with Gasteiger partial charge < -0.3 is 36.7 Å². The number of thioether (sulfide) groups is 4. The largest absolute Gasteiger partial charge is 0.481 e. The van der Waals surface area contributed by atoms with Gasteiger partial charge in [-0.05, 0) is 27.7 Å². The van der Waals surface area contributed by atoms with Crippen molar-refractivity contribution in [3.05, 3.63) is 0 Å². The number of nitrogens with one attached hydrogen (secondary N) is 3. The van der Waals surface area contributed by atoms with Gasteiger partial charge in [0.2, 0.25) is 17.7 Å². The zero-order valence-electron chi connectivity index (χ0n) is 30.6. The highest BCUT2D eigenvalue weighted by Crippen LogP contribution is 2.14. The van der Waals surface area contributed by atoms with Gasteiger partial charge in [0.05, 0.1) is 19.3 Å². The van der Waals surface area contributed by atoms with Crippen LogP contribution in [0.15, 0.2) is 0 Å². The van der Waals surface area contributed by atoms with Gasteiger partial charge in [-0.2, -0.15) is 47.0 Å². The summed E-state index contributed by atoms with van der Waals surface area (Å²) in [4.78, 5) is 93.1. The maximum absolute atomic E-state index is 11.5. The molecule has 60 heavy (non-hydrogen) atoms. The average Bonchev–Trinajstić information content (AvgIpc) is 3.36. The lowest BCUT2D eigenvalue weighted by Crippen LogP contribution is -2.32. The van der Waals surface area contributed by atoms with E-state index in [2.05, 4.69) is 16.0 Å². The summed E-state index contributed by atoms with van der Waals surface area (Å²) in [6.07, 6.45) is 1.97. The zero-order chi connectivity index (χ0) is 39.7. The van der Waals surface area contributed by atoms with Gasteiger partial charge in [0, 0.05) is 103 Å². The van der Waals surface area contributed by atoms with Crippen LogP contribution in [-0.2, 0) is 43.2 Å². The molecule has 0 atom stereocenters. The van der Waals surface area contributed by atoms with E-state index in [1.807, 2.05) is 27.7 Å². The fraction of sp³-hybridized carbons (Fsp3) is 0.800. The fourth-order valence-corrected chi connectivity index (χ4v) is 6.57. The molecule has 0 radical (unpaired) electrons. The summed E-state index contributed by atoms with van der Waals surface area (Å²) < 4.78 is 0. The molecular formula is C40H89N5O11S4. The molecule has 1 saturated heterocycles. The van der Waals surface area contributed by atoms with E-state index >= 15 is 0 Å². The highest BCUT2D eigenvalue weighted by atomic mass is 32.2. The molecule has 0 aromatic rings. The molecule has 1 aliphatic rings. The van der Waals surface area contributed by atoms with Crippen molar-refractivity contribution in [1.82, 2.24) is 21.0 Å². The van der Waals surface area contributed by atoms with E-state index in [4.69, 9.17) is 20.8 Å². The molecule has 1 aliphatic heterocycles. The lowest BCUT2D eigenvalue weighted by atomic mass is 10.3. The topological polar surface area (TPSA) is 252 Å². The molecule has 1 fully saturated rings. The average molecular weight is 944 g/mol. The number of carboxylic acid groups (broad SMARTS) is 2. The van der Waals surface area contributed by atoms with Crippen molar-refractivity contribution in [2.75, 3.05) is 59.1 Å². The van der Waals surface area contributed by atoms with Gasteiger partial charge in [0.25, 0.3) is 11.8 Å². The molecule has 0 aromatic carbocycles. The number of hydrogen-bond donors (Lipinski definition) is 6. The predicted octanol–water partition coefficient (Wildman–Crippen LogP) is 7.22. The second-order valence-electron chi connectivity index (χ2n) is 11.4. The van der Waals surface area contributed by atoms with E-state index < -0.39 is 29.7 Å². The lowest BCUT2D eigenvalue weighted by molar-refractivity contribution is -0.197. The third kappa shape index (κ3) is 57.4. The molecule has 1 rings (SSSR count). The van der Waals surface area contributed by atoms with Crippen molar-refractivity contribution in [1.29, 1.82) is 0 Å². The highest BCUT2D eigenvalue weighted by Gasteiger charge is 2.32. The summed E-state index contributed by atoms with van der Waals surface area (Å²) in [5.41, 5.74) is 5.18. The molecule has 0 aliphatic carbocycles. The first-order valence-corrected chi connectivity index (χ1v) is 21.6.